The highest BCUT2D eigenvalue weighted by Crippen LogP contribution is 2.33. The molecule has 1 aliphatic heterocycles. The molecule has 1 unspecified atom stereocenters. The van der Waals surface area contributed by atoms with Crippen LogP contribution in [0, 0.1) is 6.92 Å². The fourth-order valence-corrected chi connectivity index (χ4v) is 8.06. The van der Waals surface area contributed by atoms with Gasteiger partial charge in [-0.25, -0.2) is 13.4 Å². The van der Waals surface area contributed by atoms with E-state index in [0.717, 1.165) is 28.9 Å². The Kier molecular flexibility index (Phi) is 7.49. The number of anilines is 1. The molecule has 1 fully saturated rings. The topological polar surface area (TPSA) is 73.8 Å². The van der Waals surface area contributed by atoms with Crippen LogP contribution >= 0.6 is 22.7 Å². The highest BCUT2D eigenvalue weighted by molar-refractivity contribution is 7.91. The molecule has 0 radical (unpaired) electrons. The molecule has 7 nitrogen and oxygen atoms in total. The summed E-state index contributed by atoms with van der Waals surface area (Å²) in [5, 5.41) is 2.38. The second-order valence-electron chi connectivity index (χ2n) is 8.19. The lowest BCUT2D eigenvalue weighted by Crippen LogP contribution is -2.49. The zero-order valence-corrected chi connectivity index (χ0v) is 21.7. The summed E-state index contributed by atoms with van der Waals surface area (Å²) in [6.07, 6.45) is 1.19. The molecule has 1 amide bonds. The van der Waals surface area contributed by atoms with Gasteiger partial charge >= 0.3 is 0 Å². The highest BCUT2D eigenvalue weighted by Gasteiger charge is 2.42. The van der Waals surface area contributed by atoms with E-state index in [4.69, 9.17) is 4.98 Å². The highest BCUT2D eigenvalue weighted by atomic mass is 32.2. The quantitative estimate of drug-likeness (QED) is 0.435. The number of aromatic nitrogens is 1. The number of carbonyl (C=O) groups is 1. The number of thiophene rings is 1. The summed E-state index contributed by atoms with van der Waals surface area (Å²) in [4.78, 5) is 22.6. The van der Waals surface area contributed by atoms with Gasteiger partial charge in [0.15, 0.2) is 5.13 Å². The first-order valence-electron chi connectivity index (χ1n) is 11.3. The van der Waals surface area contributed by atoms with Gasteiger partial charge in [-0.05, 0) is 62.0 Å². The molecule has 0 N–H and O–H groups in total. The second-order valence-corrected chi connectivity index (χ2v) is 12.3. The maximum Gasteiger partial charge on any atom is 0.253 e. The third kappa shape index (κ3) is 5.00. The fraction of sp³-hybridized carbons (Fsp3) is 0.478. The molecule has 3 heterocycles. The number of fused-ring (bicyclic) bond motifs is 1. The maximum absolute atomic E-state index is 13.9. The van der Waals surface area contributed by atoms with Gasteiger partial charge in [0.2, 0.25) is 5.91 Å². The Hall–Kier alpha value is -1.85. The van der Waals surface area contributed by atoms with E-state index in [9.17, 15) is 13.2 Å². The molecule has 0 spiro atoms. The van der Waals surface area contributed by atoms with Gasteiger partial charge < -0.3 is 4.90 Å². The summed E-state index contributed by atoms with van der Waals surface area (Å²) in [6.45, 7) is 9.55. The standard InChI is InChI=1S/C23H30N4O3S3/c1-4-25(5-2)13-14-26(23-24-18-11-10-17(3)16-20(18)32-23)22(28)19-8-6-12-27(19)33(29,30)21-9-7-15-31-21/h7,9-11,15-16,19H,4-6,8,12-14H2,1-3H3. The molecule has 1 aromatic carbocycles. The molecule has 0 aliphatic carbocycles. The average Bonchev–Trinajstić information content (AvgIpc) is 3.56. The second kappa shape index (κ2) is 10.2. The van der Waals surface area contributed by atoms with Crippen LogP contribution in [0.4, 0.5) is 5.13 Å². The van der Waals surface area contributed by atoms with Crippen LogP contribution in [0.25, 0.3) is 10.2 Å². The number of carbonyl (C=O) groups excluding carboxylic acids is 1. The molecule has 2 aromatic heterocycles. The van der Waals surface area contributed by atoms with Crippen molar-refractivity contribution >= 4 is 54.0 Å². The van der Waals surface area contributed by atoms with E-state index in [1.807, 2.05) is 19.1 Å². The van der Waals surface area contributed by atoms with Crippen LogP contribution in [0.2, 0.25) is 0 Å². The first-order chi connectivity index (χ1) is 15.8. The summed E-state index contributed by atoms with van der Waals surface area (Å²) in [6, 6.07) is 8.69. The van der Waals surface area contributed by atoms with Gasteiger partial charge in [-0.3, -0.25) is 9.69 Å². The van der Waals surface area contributed by atoms with Crippen molar-refractivity contribution in [2.24, 2.45) is 0 Å². The lowest BCUT2D eigenvalue weighted by molar-refractivity contribution is -0.121. The number of likely N-dealkylation sites (N-methyl/N-ethyl adjacent to an activating group) is 1. The van der Waals surface area contributed by atoms with E-state index in [-0.39, 0.29) is 10.1 Å². The Morgan fingerprint density at radius 1 is 1.21 bits per heavy atom. The molecule has 3 aromatic rings. The summed E-state index contributed by atoms with van der Waals surface area (Å²) in [5.74, 6) is -0.185. The number of nitrogens with zero attached hydrogens (tertiary/aromatic N) is 4. The first kappa shape index (κ1) is 24.3. The molecule has 1 aliphatic rings. The van der Waals surface area contributed by atoms with Crippen molar-refractivity contribution in [2.45, 2.75) is 43.9 Å². The fourth-order valence-electron chi connectivity index (χ4n) is 4.20. The molecule has 1 atom stereocenters. The lowest BCUT2D eigenvalue weighted by atomic mass is 10.2. The SMILES string of the molecule is CCN(CC)CCN(C(=O)C1CCCN1S(=O)(=O)c1cccs1)c1nc2ccc(C)cc2s1. The monoisotopic (exact) mass is 506 g/mol. The van der Waals surface area contributed by atoms with E-state index < -0.39 is 16.1 Å². The predicted molar refractivity (Wildman–Crippen MR) is 136 cm³/mol. The molecule has 1 saturated heterocycles. The maximum atomic E-state index is 13.9. The van der Waals surface area contributed by atoms with Crippen LogP contribution < -0.4 is 4.90 Å². The number of benzene rings is 1. The number of aryl methyl sites for hydroxylation is 1. The van der Waals surface area contributed by atoms with Crippen LogP contribution in [0.15, 0.2) is 39.9 Å². The van der Waals surface area contributed by atoms with Crippen molar-refractivity contribution in [2.75, 3.05) is 37.6 Å². The van der Waals surface area contributed by atoms with Gasteiger partial charge in [0.1, 0.15) is 10.3 Å². The minimum Gasteiger partial charge on any atom is -0.302 e. The minimum atomic E-state index is -3.70. The minimum absolute atomic E-state index is 0.185. The molecule has 178 valence electrons. The lowest BCUT2D eigenvalue weighted by Gasteiger charge is -2.29. The van der Waals surface area contributed by atoms with Gasteiger partial charge in [-0.2, -0.15) is 4.31 Å². The summed E-state index contributed by atoms with van der Waals surface area (Å²) < 4.78 is 29.2. The Labute approximate surface area is 203 Å². The number of thiazole rings is 1. The smallest absolute Gasteiger partial charge is 0.253 e. The Morgan fingerprint density at radius 3 is 2.70 bits per heavy atom. The summed E-state index contributed by atoms with van der Waals surface area (Å²) in [5.41, 5.74) is 2.00. The molecule has 4 rings (SSSR count). The Bertz CT molecular complexity index is 1200. The van der Waals surface area contributed by atoms with Crippen molar-refractivity contribution in [1.82, 2.24) is 14.2 Å². The number of rotatable bonds is 9. The number of sulfonamides is 1. The van der Waals surface area contributed by atoms with E-state index in [0.29, 0.717) is 37.6 Å². The van der Waals surface area contributed by atoms with E-state index in [2.05, 4.69) is 24.8 Å². The first-order valence-corrected chi connectivity index (χ1v) is 14.4. The van der Waals surface area contributed by atoms with Crippen molar-refractivity contribution in [3.63, 3.8) is 0 Å². The van der Waals surface area contributed by atoms with Crippen LogP contribution in [0.1, 0.15) is 32.3 Å². The van der Waals surface area contributed by atoms with Crippen LogP contribution in [0.5, 0.6) is 0 Å². The number of amides is 1. The van der Waals surface area contributed by atoms with Crippen molar-refractivity contribution in [3.8, 4) is 0 Å². The predicted octanol–water partition coefficient (Wildman–Crippen LogP) is 4.19. The Balaban J connectivity index is 1.67. The van der Waals surface area contributed by atoms with Crippen molar-refractivity contribution < 1.29 is 13.2 Å². The van der Waals surface area contributed by atoms with E-state index in [1.54, 1.807) is 22.4 Å². The third-order valence-electron chi connectivity index (χ3n) is 6.11. The normalized spacial score (nSPS) is 17.3. The molecule has 33 heavy (non-hydrogen) atoms. The number of hydrogen-bond acceptors (Lipinski definition) is 7. The average molecular weight is 507 g/mol. The molecule has 0 saturated carbocycles. The summed E-state index contributed by atoms with van der Waals surface area (Å²) in [7, 11) is -3.70. The zero-order chi connectivity index (χ0) is 23.6. The van der Waals surface area contributed by atoms with Crippen LogP contribution in [0.3, 0.4) is 0 Å². The van der Waals surface area contributed by atoms with Gasteiger partial charge in [-0.1, -0.05) is 37.3 Å². The van der Waals surface area contributed by atoms with Crippen LogP contribution in [-0.4, -0.2) is 67.3 Å². The van der Waals surface area contributed by atoms with Crippen LogP contribution in [-0.2, 0) is 14.8 Å². The van der Waals surface area contributed by atoms with Crippen molar-refractivity contribution in [3.05, 3.63) is 41.3 Å². The largest absolute Gasteiger partial charge is 0.302 e. The summed E-state index contributed by atoms with van der Waals surface area (Å²) >= 11 is 2.68. The Morgan fingerprint density at radius 2 is 2.00 bits per heavy atom. The van der Waals surface area contributed by atoms with E-state index in [1.165, 1.54) is 27.0 Å². The van der Waals surface area contributed by atoms with Crippen molar-refractivity contribution in [1.29, 1.82) is 0 Å². The molecule has 0 bridgehead atoms. The molecule has 10 heteroatoms. The van der Waals surface area contributed by atoms with Gasteiger partial charge in [-0.15, -0.1) is 11.3 Å². The van der Waals surface area contributed by atoms with Gasteiger partial charge in [0.05, 0.1) is 10.2 Å². The van der Waals surface area contributed by atoms with E-state index >= 15 is 0 Å². The van der Waals surface area contributed by atoms with Gasteiger partial charge in [0.25, 0.3) is 10.0 Å². The third-order valence-corrected chi connectivity index (χ3v) is 10.4. The molecular weight excluding hydrogens is 476 g/mol. The molecular formula is C23H30N4O3S3. The van der Waals surface area contributed by atoms with Gasteiger partial charge in [0, 0.05) is 19.6 Å². The zero-order valence-electron chi connectivity index (χ0n) is 19.2. The number of hydrogen-bond donors (Lipinski definition) is 0.